The van der Waals surface area contributed by atoms with E-state index in [1.165, 1.54) is 21.9 Å². The third-order valence-corrected chi connectivity index (χ3v) is 9.22. The lowest BCUT2D eigenvalue weighted by Gasteiger charge is -2.26. The number of fused-ring (bicyclic) bond motifs is 4. The van der Waals surface area contributed by atoms with Crippen LogP contribution >= 0.6 is 0 Å². The van der Waals surface area contributed by atoms with Crippen molar-refractivity contribution >= 4 is 66.8 Å². The Kier molecular flexibility index (Phi) is 7.14. The van der Waals surface area contributed by atoms with E-state index in [0.29, 0.717) is 0 Å². The smallest absolute Gasteiger partial charge is 0.137 e. The predicted molar refractivity (Wildman–Crippen MR) is 206 cm³/mol. The minimum Gasteiger partial charge on any atom is -0.456 e. The Balaban J connectivity index is 1.13. The van der Waals surface area contributed by atoms with Crippen molar-refractivity contribution in [1.82, 2.24) is 0 Å². The van der Waals surface area contributed by atoms with Crippen LogP contribution < -0.4 is 9.80 Å². The van der Waals surface area contributed by atoms with Gasteiger partial charge in [0.15, 0.2) is 0 Å². The van der Waals surface area contributed by atoms with Crippen LogP contribution in [0.3, 0.4) is 0 Å². The minimum atomic E-state index is 0.878. The summed E-state index contributed by atoms with van der Waals surface area (Å²) in [7, 11) is 0. The van der Waals surface area contributed by atoms with Crippen molar-refractivity contribution in [3.8, 4) is 11.1 Å². The summed E-state index contributed by atoms with van der Waals surface area (Å²) in [5, 5.41) is 4.67. The first-order chi connectivity index (χ1) is 24.3. The number of nitrogens with zero attached hydrogens (tertiary/aromatic N) is 2. The fraction of sp³-hybridized carbons (Fsp3) is 0. The highest BCUT2D eigenvalue weighted by Crippen LogP contribution is 2.41. The largest absolute Gasteiger partial charge is 0.456 e. The van der Waals surface area contributed by atoms with Gasteiger partial charge in [0.2, 0.25) is 0 Å². The topological polar surface area (TPSA) is 19.6 Å². The van der Waals surface area contributed by atoms with Gasteiger partial charge >= 0.3 is 0 Å². The molecule has 1 aromatic heterocycles. The maximum Gasteiger partial charge on any atom is 0.137 e. The van der Waals surface area contributed by atoms with Gasteiger partial charge in [0.1, 0.15) is 11.2 Å². The molecule has 0 atom stereocenters. The molecule has 0 amide bonds. The van der Waals surface area contributed by atoms with Crippen LogP contribution in [0.1, 0.15) is 0 Å². The summed E-state index contributed by atoms with van der Waals surface area (Å²) in [6.45, 7) is 0. The van der Waals surface area contributed by atoms with Gasteiger partial charge in [0, 0.05) is 51.0 Å². The molecule has 1 heterocycles. The van der Waals surface area contributed by atoms with Gasteiger partial charge < -0.3 is 14.2 Å². The average Bonchev–Trinajstić information content (AvgIpc) is 3.54. The first-order valence-corrected chi connectivity index (χ1v) is 16.6. The fourth-order valence-corrected chi connectivity index (χ4v) is 6.92. The number of hydrogen-bond acceptors (Lipinski definition) is 3. The molecule has 0 spiro atoms. The summed E-state index contributed by atoms with van der Waals surface area (Å²) in [6.07, 6.45) is 0. The second kappa shape index (κ2) is 12.2. The van der Waals surface area contributed by atoms with Crippen LogP contribution in [0.25, 0.3) is 43.8 Å². The molecule has 3 nitrogen and oxygen atoms in total. The van der Waals surface area contributed by atoms with Crippen molar-refractivity contribution in [2.24, 2.45) is 0 Å². The Morgan fingerprint density at radius 3 is 1.47 bits per heavy atom. The van der Waals surface area contributed by atoms with Crippen molar-refractivity contribution in [2.75, 3.05) is 9.80 Å². The van der Waals surface area contributed by atoms with E-state index in [-0.39, 0.29) is 0 Å². The molecule has 0 N–H and O–H groups in total. The van der Waals surface area contributed by atoms with Crippen LogP contribution in [0.2, 0.25) is 0 Å². The molecule has 0 aliphatic heterocycles. The molecule has 3 heteroatoms. The van der Waals surface area contributed by atoms with Crippen LogP contribution in [0, 0.1) is 0 Å². The fourth-order valence-electron chi connectivity index (χ4n) is 6.92. The Bertz CT molecular complexity index is 2500. The van der Waals surface area contributed by atoms with Crippen molar-refractivity contribution in [3.05, 3.63) is 194 Å². The Hall–Kier alpha value is -6.58. The van der Waals surface area contributed by atoms with Crippen LogP contribution in [0.4, 0.5) is 34.1 Å². The molecule has 0 fully saturated rings. The molecule has 49 heavy (non-hydrogen) atoms. The Morgan fingerprint density at radius 1 is 0.306 bits per heavy atom. The van der Waals surface area contributed by atoms with Gasteiger partial charge in [-0.05, 0) is 101 Å². The highest BCUT2D eigenvalue weighted by atomic mass is 16.3. The summed E-state index contributed by atoms with van der Waals surface area (Å²) in [5.41, 5.74) is 10.7. The van der Waals surface area contributed by atoms with E-state index in [1.807, 2.05) is 12.1 Å². The molecule has 0 aliphatic rings. The molecule has 0 saturated carbocycles. The second-order valence-corrected chi connectivity index (χ2v) is 12.2. The van der Waals surface area contributed by atoms with Crippen LogP contribution in [0.15, 0.2) is 199 Å². The monoisotopic (exact) mass is 628 g/mol. The van der Waals surface area contributed by atoms with Gasteiger partial charge in [-0.3, -0.25) is 0 Å². The van der Waals surface area contributed by atoms with Gasteiger partial charge in [0.25, 0.3) is 0 Å². The molecule has 0 aliphatic carbocycles. The van der Waals surface area contributed by atoms with Gasteiger partial charge in [-0.25, -0.2) is 0 Å². The van der Waals surface area contributed by atoms with Crippen LogP contribution in [0.5, 0.6) is 0 Å². The zero-order valence-corrected chi connectivity index (χ0v) is 26.8. The van der Waals surface area contributed by atoms with E-state index in [0.717, 1.165) is 56.1 Å². The van der Waals surface area contributed by atoms with Crippen molar-refractivity contribution in [1.29, 1.82) is 0 Å². The number of rotatable bonds is 7. The normalized spacial score (nSPS) is 11.3. The first-order valence-electron chi connectivity index (χ1n) is 16.6. The summed E-state index contributed by atoms with van der Waals surface area (Å²) in [5.74, 6) is 0. The molecule has 0 unspecified atom stereocenters. The van der Waals surface area contributed by atoms with E-state index in [1.54, 1.807) is 0 Å². The minimum absolute atomic E-state index is 0.878. The highest BCUT2D eigenvalue weighted by Gasteiger charge is 2.17. The van der Waals surface area contributed by atoms with E-state index in [2.05, 4.69) is 192 Å². The molecule has 0 radical (unpaired) electrons. The first kappa shape index (κ1) is 28.6. The third kappa shape index (κ3) is 5.28. The second-order valence-electron chi connectivity index (χ2n) is 12.2. The molecule has 0 bridgehead atoms. The summed E-state index contributed by atoms with van der Waals surface area (Å²) in [4.78, 5) is 4.60. The van der Waals surface area contributed by atoms with E-state index in [9.17, 15) is 0 Å². The summed E-state index contributed by atoms with van der Waals surface area (Å²) < 4.78 is 6.29. The van der Waals surface area contributed by atoms with Gasteiger partial charge in [-0.2, -0.15) is 0 Å². The molecule has 9 rings (SSSR count). The van der Waals surface area contributed by atoms with Crippen LogP contribution in [-0.2, 0) is 0 Å². The van der Waals surface area contributed by atoms with Gasteiger partial charge in [-0.15, -0.1) is 0 Å². The van der Waals surface area contributed by atoms with Crippen LogP contribution in [-0.4, -0.2) is 0 Å². The molecule has 232 valence electrons. The van der Waals surface area contributed by atoms with E-state index in [4.69, 9.17) is 4.42 Å². The third-order valence-electron chi connectivity index (χ3n) is 9.22. The summed E-state index contributed by atoms with van der Waals surface area (Å²) in [6, 6.07) is 68.6. The maximum absolute atomic E-state index is 6.29. The zero-order valence-electron chi connectivity index (χ0n) is 26.8. The average molecular weight is 629 g/mol. The van der Waals surface area contributed by atoms with Crippen molar-refractivity contribution in [2.45, 2.75) is 0 Å². The number of anilines is 6. The zero-order chi connectivity index (χ0) is 32.6. The lowest BCUT2D eigenvalue weighted by molar-refractivity contribution is 0.669. The quantitative estimate of drug-likeness (QED) is 0.175. The van der Waals surface area contributed by atoms with E-state index >= 15 is 0 Å². The summed E-state index contributed by atoms with van der Waals surface area (Å²) >= 11 is 0. The van der Waals surface area contributed by atoms with Gasteiger partial charge in [-0.1, -0.05) is 109 Å². The number of para-hydroxylation sites is 4. The van der Waals surface area contributed by atoms with Crippen molar-refractivity contribution in [3.63, 3.8) is 0 Å². The number of furan rings is 1. The van der Waals surface area contributed by atoms with E-state index < -0.39 is 0 Å². The predicted octanol–water partition coefficient (Wildman–Crippen LogP) is 13.3. The SMILES string of the molecule is c1ccc(N(c2ccc(-c3cccc4ccc(N(c5ccccc5)c5ccccc5)cc34)cc2)c2ccc3c(c2)oc2ccccc23)cc1. The van der Waals surface area contributed by atoms with Gasteiger partial charge in [0.05, 0.1) is 0 Å². The highest BCUT2D eigenvalue weighted by molar-refractivity contribution is 6.06. The maximum atomic E-state index is 6.29. The molecular formula is C46H32N2O. The van der Waals surface area contributed by atoms with Crippen molar-refractivity contribution < 1.29 is 4.42 Å². The Morgan fingerprint density at radius 2 is 0.816 bits per heavy atom. The lowest BCUT2D eigenvalue weighted by atomic mass is 9.97. The molecule has 0 saturated heterocycles. The standard InChI is InChI=1S/C46H32N2O/c1-4-14-35(15-5-1)47(36-16-6-2-7-17-36)39-28-25-33-13-12-21-41(44(33)31-39)34-23-26-38(27-24-34)48(37-18-8-3-9-19-37)40-29-30-43-42-20-10-11-22-45(42)49-46(43)32-40/h1-32H. The Labute approximate surface area is 285 Å². The lowest BCUT2D eigenvalue weighted by Crippen LogP contribution is -2.09. The number of hydrogen-bond donors (Lipinski definition) is 0. The molecular weight excluding hydrogens is 597 g/mol. The molecule has 8 aromatic carbocycles. The molecule has 9 aromatic rings. The number of benzene rings is 8.